The van der Waals surface area contributed by atoms with Gasteiger partial charge >= 0.3 is 17.2 Å². The summed E-state index contributed by atoms with van der Waals surface area (Å²) < 4.78 is 92.2. The molecular formula is C50H46O16P2. The molecule has 68 heavy (non-hydrogen) atoms. The minimum atomic E-state index is -2.41. The second-order valence-electron chi connectivity index (χ2n) is 15.1. The van der Waals surface area contributed by atoms with Crippen molar-refractivity contribution < 1.29 is 74.6 Å². The van der Waals surface area contributed by atoms with Crippen molar-refractivity contribution in [2.75, 3.05) is 60.0 Å². The van der Waals surface area contributed by atoms with Crippen molar-refractivity contribution in [2.45, 2.75) is 25.2 Å². The third-order valence-electron chi connectivity index (χ3n) is 10.8. The number of ketones is 1. The molecule has 18 heteroatoms. The van der Waals surface area contributed by atoms with E-state index < -0.39 is 48.1 Å². The third-order valence-corrected chi connectivity index (χ3v) is 12.9. The average molecular weight is 965 g/mol. The lowest BCUT2D eigenvalue weighted by atomic mass is 10.0. The van der Waals surface area contributed by atoms with E-state index in [-0.39, 0.29) is 22.6 Å². The van der Waals surface area contributed by atoms with Crippen LogP contribution in [0.15, 0.2) is 140 Å². The Morgan fingerprint density at radius 2 is 0.676 bits per heavy atom. The van der Waals surface area contributed by atoms with Crippen LogP contribution < -0.4 is 31.9 Å². The summed E-state index contributed by atoms with van der Waals surface area (Å²) in [5.41, 5.74) is 2.85. The molecule has 0 N–H and O–H groups in total. The summed E-state index contributed by atoms with van der Waals surface area (Å²) >= 11 is 0. The minimum Gasteiger partial charge on any atom is -0.497 e. The molecule has 4 aliphatic rings. The molecule has 0 aromatic heterocycles. The number of ether oxygens (including phenoxy) is 9. The number of para-hydroxylation sites is 5. The van der Waals surface area contributed by atoms with Crippen molar-refractivity contribution in [3.63, 3.8) is 0 Å². The Bertz CT molecular complexity index is 2520. The number of hydrogen-bond acceptors (Lipinski definition) is 16. The zero-order chi connectivity index (χ0) is 46.1. The molecule has 0 bridgehead atoms. The molecule has 16 nitrogen and oxygen atoms in total. The van der Waals surface area contributed by atoms with Gasteiger partial charge in [-0.25, -0.2) is 0 Å². The summed E-state index contributed by atoms with van der Waals surface area (Å²) in [4.78, 5) is 15.1. The molecule has 4 heterocycles. The monoisotopic (exact) mass is 964 g/mol. The summed E-state index contributed by atoms with van der Waals surface area (Å²) in [5.74, 6) is 1.78. The molecule has 4 fully saturated rings. The standard InChI is InChI=1S/C50H46O16P2/c1-52-33-22-23-35(45(32-33)66-68(64-43-20-10-5-15-38(43)49-57-28-29-58-49)65-44-21-11-6-16-39(44)50-59-30-31-60-50)46(51)34-12-2-7-17-40(34)61-67(62-41-18-8-3-13-36(41)47-53-24-25-54-47)63-42-19-9-4-14-37(42)48-55-26-27-56-48/h2-23,32,47-50H,24-31H2,1H3. The van der Waals surface area contributed by atoms with Crippen LogP contribution >= 0.6 is 17.2 Å². The van der Waals surface area contributed by atoms with Gasteiger partial charge in [-0.05, 0) is 48.5 Å². The van der Waals surface area contributed by atoms with Crippen molar-refractivity contribution >= 4 is 23.0 Å². The van der Waals surface area contributed by atoms with Gasteiger partial charge in [-0.3, -0.25) is 4.79 Å². The number of methoxy groups -OCH3 is 1. The van der Waals surface area contributed by atoms with Crippen LogP contribution in [0.3, 0.4) is 0 Å². The highest BCUT2D eigenvalue weighted by atomic mass is 31.2. The van der Waals surface area contributed by atoms with Gasteiger partial charge in [-0.1, -0.05) is 84.9 Å². The molecule has 0 radical (unpaired) electrons. The van der Waals surface area contributed by atoms with Crippen LogP contribution in [0.1, 0.15) is 63.3 Å². The van der Waals surface area contributed by atoms with Crippen LogP contribution in [-0.2, 0) is 37.9 Å². The zero-order valence-electron chi connectivity index (χ0n) is 36.7. The Morgan fingerprint density at radius 1 is 0.382 bits per heavy atom. The highest BCUT2D eigenvalue weighted by molar-refractivity contribution is 7.43. The number of benzene rings is 6. The molecule has 0 unspecified atom stereocenters. The fourth-order valence-electron chi connectivity index (χ4n) is 7.55. The molecule has 0 atom stereocenters. The van der Waals surface area contributed by atoms with Crippen molar-refractivity contribution in [1.82, 2.24) is 0 Å². The Hall–Kier alpha value is -5.87. The predicted octanol–water partition coefficient (Wildman–Crippen LogP) is 10.6. The fourth-order valence-corrected chi connectivity index (χ4v) is 9.71. The summed E-state index contributed by atoms with van der Waals surface area (Å²) in [7, 11) is -3.26. The summed E-state index contributed by atoms with van der Waals surface area (Å²) in [5, 5.41) is 0. The SMILES string of the molecule is COc1ccc(C(=O)c2ccccc2OP(Oc2ccccc2C2OCCO2)Oc2ccccc2C2OCCO2)c(OP(Oc2ccccc2C2OCCO2)Oc2ccccc2C2OCCO2)c1. The van der Waals surface area contributed by atoms with Gasteiger partial charge in [0.25, 0.3) is 0 Å². The fraction of sp³-hybridized carbons (Fsp3) is 0.260. The zero-order valence-corrected chi connectivity index (χ0v) is 38.5. The first kappa shape index (κ1) is 45.9. The van der Waals surface area contributed by atoms with Crippen LogP contribution in [0, 0.1) is 0 Å². The maximum absolute atomic E-state index is 15.1. The molecule has 0 spiro atoms. The van der Waals surface area contributed by atoms with Crippen molar-refractivity contribution in [2.24, 2.45) is 0 Å². The first-order valence-electron chi connectivity index (χ1n) is 21.9. The number of hydrogen-bond donors (Lipinski definition) is 0. The number of carbonyl (C=O) groups is 1. The highest BCUT2D eigenvalue weighted by Crippen LogP contribution is 2.50. The first-order chi connectivity index (χ1) is 33.6. The van der Waals surface area contributed by atoms with E-state index in [1.807, 2.05) is 72.8 Å². The Morgan fingerprint density at radius 3 is 1.04 bits per heavy atom. The summed E-state index contributed by atoms with van der Waals surface area (Å²) in [6.45, 7) is 3.40. The number of carbonyl (C=O) groups excluding carboxylic acids is 1. The maximum atomic E-state index is 15.1. The second-order valence-corrected chi connectivity index (χ2v) is 17.1. The van der Waals surface area contributed by atoms with Crippen LogP contribution in [0.2, 0.25) is 0 Å². The van der Waals surface area contributed by atoms with Crippen molar-refractivity contribution in [1.29, 1.82) is 0 Å². The molecule has 10 rings (SSSR count). The van der Waals surface area contributed by atoms with E-state index >= 15 is 4.79 Å². The largest absolute Gasteiger partial charge is 0.530 e. The second kappa shape index (κ2) is 22.0. The Kier molecular flexibility index (Phi) is 14.9. The molecule has 0 amide bonds. The Balaban J connectivity index is 0.991. The molecule has 4 saturated heterocycles. The summed E-state index contributed by atoms with van der Waals surface area (Å²) in [6.07, 6.45) is -2.66. The lowest BCUT2D eigenvalue weighted by molar-refractivity contribution is -0.0456. The van der Waals surface area contributed by atoms with Gasteiger partial charge in [-0.2, -0.15) is 0 Å². The van der Waals surface area contributed by atoms with Crippen LogP contribution in [-0.4, -0.2) is 65.7 Å². The van der Waals surface area contributed by atoms with Gasteiger partial charge in [0.1, 0.15) is 40.2 Å². The van der Waals surface area contributed by atoms with Gasteiger partial charge in [0.05, 0.1) is 93.3 Å². The van der Waals surface area contributed by atoms with E-state index in [1.54, 1.807) is 66.7 Å². The Labute approximate surface area is 394 Å². The van der Waals surface area contributed by atoms with E-state index in [2.05, 4.69) is 0 Å². The van der Waals surface area contributed by atoms with Crippen molar-refractivity contribution in [3.05, 3.63) is 173 Å². The molecule has 352 valence electrons. The minimum absolute atomic E-state index is 0.0951. The quantitative estimate of drug-likeness (QED) is 0.0558. The predicted molar refractivity (Wildman–Crippen MR) is 245 cm³/mol. The lowest BCUT2D eigenvalue weighted by Crippen LogP contribution is -2.12. The van der Waals surface area contributed by atoms with Gasteiger partial charge in [0, 0.05) is 6.07 Å². The van der Waals surface area contributed by atoms with E-state index in [0.29, 0.717) is 104 Å². The van der Waals surface area contributed by atoms with Crippen LogP contribution in [0.25, 0.3) is 0 Å². The number of rotatable bonds is 19. The normalized spacial score (nSPS) is 16.9. The molecule has 0 aliphatic carbocycles. The van der Waals surface area contributed by atoms with Crippen molar-refractivity contribution in [3.8, 4) is 40.2 Å². The maximum Gasteiger partial charge on any atom is 0.530 e. The third kappa shape index (κ3) is 10.7. The van der Waals surface area contributed by atoms with E-state index in [0.717, 1.165) is 0 Å². The van der Waals surface area contributed by atoms with Gasteiger partial charge < -0.3 is 69.8 Å². The highest BCUT2D eigenvalue weighted by Gasteiger charge is 2.34. The van der Waals surface area contributed by atoms with Gasteiger partial charge in [0.15, 0.2) is 25.2 Å². The molecular weight excluding hydrogens is 918 g/mol. The molecule has 6 aromatic rings. The first-order valence-corrected chi connectivity index (χ1v) is 24.1. The van der Waals surface area contributed by atoms with E-state index in [4.69, 9.17) is 69.8 Å². The molecule has 0 saturated carbocycles. The lowest BCUT2D eigenvalue weighted by Gasteiger charge is -2.24. The molecule has 4 aliphatic heterocycles. The average Bonchev–Trinajstić information content (AvgIpc) is 4.25. The van der Waals surface area contributed by atoms with Gasteiger partial charge in [-0.15, -0.1) is 0 Å². The van der Waals surface area contributed by atoms with Gasteiger partial charge in [0.2, 0.25) is 5.78 Å². The van der Waals surface area contributed by atoms with Crippen LogP contribution in [0.4, 0.5) is 0 Å². The summed E-state index contributed by atoms with van der Waals surface area (Å²) in [6, 6.07) is 40.8. The van der Waals surface area contributed by atoms with E-state index in [1.165, 1.54) is 7.11 Å². The molecule has 6 aromatic carbocycles. The van der Waals surface area contributed by atoms with E-state index in [9.17, 15) is 0 Å². The smallest absolute Gasteiger partial charge is 0.497 e. The topological polar surface area (TPSA) is 156 Å². The van der Waals surface area contributed by atoms with Crippen LogP contribution in [0.5, 0.6) is 40.2 Å².